The molecule has 1 saturated heterocycles. The fourth-order valence-corrected chi connectivity index (χ4v) is 5.84. The van der Waals surface area contributed by atoms with Crippen molar-refractivity contribution in [3.8, 4) is 11.5 Å². The Morgan fingerprint density at radius 1 is 1.08 bits per heavy atom. The molecule has 0 radical (unpaired) electrons. The summed E-state index contributed by atoms with van der Waals surface area (Å²) in [6, 6.07) is 2.58. The number of sulfonamides is 2. The van der Waals surface area contributed by atoms with E-state index in [1.165, 1.54) is 30.7 Å². The van der Waals surface area contributed by atoms with Crippen molar-refractivity contribution < 1.29 is 26.3 Å². The highest BCUT2D eigenvalue weighted by Crippen LogP contribution is 2.35. The molecule has 0 aromatic heterocycles. The number of hydrogen-bond acceptors (Lipinski definition) is 6. The Morgan fingerprint density at radius 2 is 1.60 bits per heavy atom. The minimum Gasteiger partial charge on any atom is -0.493 e. The number of rotatable bonds is 6. The Kier molecular flexibility index (Phi) is 6.36. The van der Waals surface area contributed by atoms with E-state index in [0.717, 1.165) is 6.26 Å². The summed E-state index contributed by atoms with van der Waals surface area (Å²) in [5, 5.41) is 0. The summed E-state index contributed by atoms with van der Waals surface area (Å²) in [7, 11) is -4.16. The minimum atomic E-state index is -3.80. The molecule has 11 heteroatoms. The summed E-state index contributed by atoms with van der Waals surface area (Å²) >= 11 is 3.25. The van der Waals surface area contributed by atoms with Crippen LogP contribution in [-0.4, -0.2) is 60.7 Å². The molecule has 1 N–H and O–H groups in total. The van der Waals surface area contributed by atoms with E-state index in [4.69, 9.17) is 9.47 Å². The average molecular weight is 457 g/mol. The summed E-state index contributed by atoms with van der Waals surface area (Å²) in [5.74, 6) is 0.716. The van der Waals surface area contributed by atoms with Crippen molar-refractivity contribution in [1.82, 2.24) is 9.03 Å². The molecule has 0 spiro atoms. The van der Waals surface area contributed by atoms with Gasteiger partial charge in [-0.3, -0.25) is 0 Å². The third-order valence-corrected chi connectivity index (χ3v) is 7.75. The number of halogens is 1. The van der Waals surface area contributed by atoms with E-state index in [9.17, 15) is 16.8 Å². The van der Waals surface area contributed by atoms with Gasteiger partial charge in [-0.15, -0.1) is 0 Å². The van der Waals surface area contributed by atoms with Crippen molar-refractivity contribution >= 4 is 36.0 Å². The number of nitrogens with one attached hydrogen (secondary N) is 1. The van der Waals surface area contributed by atoms with Crippen molar-refractivity contribution in [1.29, 1.82) is 0 Å². The van der Waals surface area contributed by atoms with Crippen LogP contribution in [0.3, 0.4) is 0 Å². The van der Waals surface area contributed by atoms with Crippen molar-refractivity contribution in [2.24, 2.45) is 0 Å². The molecule has 1 aliphatic heterocycles. The monoisotopic (exact) mass is 456 g/mol. The van der Waals surface area contributed by atoms with Crippen LogP contribution in [0.15, 0.2) is 21.5 Å². The lowest BCUT2D eigenvalue weighted by Crippen LogP contribution is -2.46. The van der Waals surface area contributed by atoms with Gasteiger partial charge < -0.3 is 9.47 Å². The maximum Gasteiger partial charge on any atom is 0.242 e. The van der Waals surface area contributed by atoms with Gasteiger partial charge in [-0.2, -0.15) is 0 Å². The van der Waals surface area contributed by atoms with Gasteiger partial charge in [0.15, 0.2) is 11.5 Å². The largest absolute Gasteiger partial charge is 0.493 e. The van der Waals surface area contributed by atoms with Gasteiger partial charge in [0.2, 0.25) is 20.0 Å². The first kappa shape index (κ1) is 20.4. The minimum absolute atomic E-state index is 0.0377. The number of nitrogens with zero attached hydrogens (tertiary/aromatic N) is 1. The smallest absolute Gasteiger partial charge is 0.242 e. The van der Waals surface area contributed by atoms with Crippen molar-refractivity contribution in [2.45, 2.75) is 23.8 Å². The third kappa shape index (κ3) is 4.85. The van der Waals surface area contributed by atoms with E-state index < -0.39 is 20.0 Å². The second-order valence-corrected chi connectivity index (χ2v) is 10.2. The number of piperidine rings is 1. The molecule has 142 valence electrons. The van der Waals surface area contributed by atoms with Crippen LogP contribution in [0.25, 0.3) is 0 Å². The number of ether oxygens (including phenoxy) is 2. The maximum absolute atomic E-state index is 12.7. The van der Waals surface area contributed by atoms with Crippen LogP contribution in [0.1, 0.15) is 12.8 Å². The summed E-state index contributed by atoms with van der Waals surface area (Å²) in [5.41, 5.74) is 0. The SMILES string of the molecule is COc1cc(Br)c(S(=O)(=O)NC2CCN(S(C)(=O)=O)CC2)cc1OC. The zero-order valence-electron chi connectivity index (χ0n) is 14.2. The van der Waals surface area contributed by atoms with Crippen LogP contribution in [0, 0.1) is 0 Å². The van der Waals surface area contributed by atoms with Gasteiger partial charge in [-0.25, -0.2) is 25.9 Å². The predicted octanol–water partition coefficient (Wildman–Crippen LogP) is 1.17. The molecule has 0 bridgehead atoms. The summed E-state index contributed by atoms with van der Waals surface area (Å²) in [4.78, 5) is 0.0377. The highest BCUT2D eigenvalue weighted by Gasteiger charge is 2.29. The van der Waals surface area contributed by atoms with Gasteiger partial charge in [-0.1, -0.05) is 0 Å². The Hall–Kier alpha value is -0.880. The number of methoxy groups -OCH3 is 2. The zero-order valence-corrected chi connectivity index (χ0v) is 17.4. The van der Waals surface area contributed by atoms with Crippen LogP contribution in [0.5, 0.6) is 11.5 Å². The average Bonchev–Trinajstić information content (AvgIpc) is 2.53. The lowest BCUT2D eigenvalue weighted by Gasteiger charge is -2.30. The predicted molar refractivity (Wildman–Crippen MR) is 97.0 cm³/mol. The normalized spacial score (nSPS) is 17.4. The van der Waals surface area contributed by atoms with E-state index in [0.29, 0.717) is 41.9 Å². The molecule has 0 atom stereocenters. The molecule has 2 rings (SSSR count). The Bertz CT molecular complexity index is 833. The highest BCUT2D eigenvalue weighted by molar-refractivity contribution is 9.10. The Morgan fingerprint density at radius 3 is 2.08 bits per heavy atom. The molecule has 25 heavy (non-hydrogen) atoms. The fourth-order valence-electron chi connectivity index (χ4n) is 2.63. The van der Waals surface area contributed by atoms with Crippen LogP contribution in [0.2, 0.25) is 0 Å². The lowest BCUT2D eigenvalue weighted by molar-refractivity contribution is 0.310. The quantitative estimate of drug-likeness (QED) is 0.688. The van der Waals surface area contributed by atoms with E-state index in [1.54, 1.807) is 0 Å². The Balaban J connectivity index is 2.18. The first-order chi connectivity index (χ1) is 11.6. The van der Waals surface area contributed by atoms with Gasteiger partial charge in [0.25, 0.3) is 0 Å². The van der Waals surface area contributed by atoms with Crippen LogP contribution < -0.4 is 14.2 Å². The van der Waals surface area contributed by atoms with Crippen LogP contribution >= 0.6 is 15.9 Å². The topological polar surface area (TPSA) is 102 Å². The van der Waals surface area contributed by atoms with E-state index in [2.05, 4.69) is 20.7 Å². The number of hydrogen-bond donors (Lipinski definition) is 1. The molecule has 0 aliphatic carbocycles. The second kappa shape index (κ2) is 7.78. The third-order valence-electron chi connectivity index (χ3n) is 3.97. The molecule has 1 heterocycles. The van der Waals surface area contributed by atoms with Crippen molar-refractivity contribution in [2.75, 3.05) is 33.6 Å². The van der Waals surface area contributed by atoms with E-state index >= 15 is 0 Å². The number of benzene rings is 1. The first-order valence-electron chi connectivity index (χ1n) is 7.47. The van der Waals surface area contributed by atoms with Gasteiger partial charge >= 0.3 is 0 Å². The molecular weight excluding hydrogens is 436 g/mol. The standard InChI is InChI=1S/C14H21BrN2O6S2/c1-22-12-8-11(15)14(9-13(12)23-2)25(20,21)16-10-4-6-17(7-5-10)24(3,18)19/h8-10,16H,4-7H2,1-3H3. The first-order valence-corrected chi connectivity index (χ1v) is 11.6. The Labute approximate surface area is 156 Å². The van der Waals surface area contributed by atoms with Gasteiger partial charge in [0.05, 0.1) is 20.5 Å². The van der Waals surface area contributed by atoms with Crippen LogP contribution in [0.4, 0.5) is 0 Å². The van der Waals surface area contributed by atoms with Crippen LogP contribution in [-0.2, 0) is 20.0 Å². The van der Waals surface area contributed by atoms with Crippen molar-refractivity contribution in [3.63, 3.8) is 0 Å². The zero-order chi connectivity index (χ0) is 18.8. The van der Waals surface area contributed by atoms with Gasteiger partial charge in [-0.05, 0) is 34.8 Å². The molecule has 1 aromatic rings. The highest BCUT2D eigenvalue weighted by atomic mass is 79.9. The summed E-state index contributed by atoms with van der Waals surface area (Å²) in [6.45, 7) is 0.582. The summed E-state index contributed by atoms with van der Waals surface area (Å²) < 4.78 is 63.1. The molecule has 1 aliphatic rings. The molecule has 0 saturated carbocycles. The molecule has 0 unspecified atom stereocenters. The molecule has 0 amide bonds. The second-order valence-electron chi connectivity index (χ2n) is 5.70. The lowest BCUT2D eigenvalue weighted by atomic mass is 10.1. The van der Waals surface area contributed by atoms with Crippen molar-refractivity contribution in [3.05, 3.63) is 16.6 Å². The molecule has 1 aromatic carbocycles. The molecule has 1 fully saturated rings. The van der Waals surface area contributed by atoms with E-state index in [1.807, 2.05) is 0 Å². The maximum atomic E-state index is 12.7. The van der Waals surface area contributed by atoms with E-state index in [-0.39, 0.29) is 10.9 Å². The molecule has 8 nitrogen and oxygen atoms in total. The molecular formula is C14H21BrN2O6S2. The fraction of sp³-hybridized carbons (Fsp3) is 0.571. The van der Waals surface area contributed by atoms with Gasteiger partial charge in [0, 0.05) is 29.7 Å². The van der Waals surface area contributed by atoms with Gasteiger partial charge in [0.1, 0.15) is 4.90 Å². The summed E-state index contributed by atoms with van der Waals surface area (Å²) in [6.07, 6.45) is 1.98.